The first-order valence-electron chi connectivity index (χ1n) is 5.33. The predicted molar refractivity (Wildman–Crippen MR) is 76.2 cm³/mol. The van der Waals surface area contributed by atoms with Crippen molar-refractivity contribution in [3.8, 4) is 0 Å². The summed E-state index contributed by atoms with van der Waals surface area (Å²) >= 11 is 3.38. The zero-order valence-corrected chi connectivity index (χ0v) is 11.0. The fourth-order valence-corrected chi connectivity index (χ4v) is 1.74. The van der Waals surface area contributed by atoms with E-state index < -0.39 is 4.92 Å². The van der Waals surface area contributed by atoms with Crippen LogP contribution in [0, 0.1) is 10.1 Å². The van der Waals surface area contributed by atoms with Crippen molar-refractivity contribution in [3.63, 3.8) is 0 Å². The Kier molecular flexibility index (Phi) is 3.89. The van der Waals surface area contributed by atoms with E-state index in [-0.39, 0.29) is 5.69 Å². The van der Waals surface area contributed by atoms with Crippen LogP contribution >= 0.6 is 15.9 Å². The van der Waals surface area contributed by atoms with Gasteiger partial charge in [-0.1, -0.05) is 40.2 Å². The highest BCUT2D eigenvalue weighted by Crippen LogP contribution is 2.15. The summed E-state index contributed by atoms with van der Waals surface area (Å²) in [4.78, 5) is 10.1. The van der Waals surface area contributed by atoms with Crippen LogP contribution in [0.25, 0.3) is 12.2 Å². The Balaban J connectivity index is 2.13. The van der Waals surface area contributed by atoms with Gasteiger partial charge in [0, 0.05) is 16.6 Å². The molecule has 0 heterocycles. The number of nitro benzene ring substituents is 1. The highest BCUT2D eigenvalue weighted by molar-refractivity contribution is 9.10. The van der Waals surface area contributed by atoms with Crippen molar-refractivity contribution in [1.29, 1.82) is 0 Å². The van der Waals surface area contributed by atoms with E-state index >= 15 is 0 Å². The summed E-state index contributed by atoms with van der Waals surface area (Å²) in [6, 6.07) is 14.4. The molecule has 18 heavy (non-hydrogen) atoms. The lowest BCUT2D eigenvalue weighted by atomic mass is 10.1. The number of non-ortho nitro benzene ring substituents is 1. The van der Waals surface area contributed by atoms with Crippen LogP contribution in [-0.2, 0) is 0 Å². The minimum absolute atomic E-state index is 0.107. The first-order chi connectivity index (χ1) is 8.65. The van der Waals surface area contributed by atoms with Gasteiger partial charge in [0.25, 0.3) is 5.69 Å². The predicted octanol–water partition coefficient (Wildman–Crippen LogP) is 4.53. The number of halogens is 1. The first kappa shape index (κ1) is 12.5. The number of benzene rings is 2. The summed E-state index contributed by atoms with van der Waals surface area (Å²) < 4.78 is 1.04. The summed E-state index contributed by atoms with van der Waals surface area (Å²) in [6.45, 7) is 0. The monoisotopic (exact) mass is 303 g/mol. The second-order valence-corrected chi connectivity index (χ2v) is 4.65. The van der Waals surface area contributed by atoms with Gasteiger partial charge in [-0.3, -0.25) is 10.1 Å². The molecule has 0 atom stereocenters. The van der Waals surface area contributed by atoms with Gasteiger partial charge in [-0.05, 0) is 35.4 Å². The SMILES string of the molecule is O=[N+]([O-])c1ccc(C=Cc2ccc(Br)cc2)cc1. The standard InChI is InChI=1S/C14H10BrNO2/c15-13-7-3-11(4-8-13)1-2-12-5-9-14(10-6-12)16(17)18/h1-10H. The Bertz CT molecular complexity index is 574. The number of hydrogen-bond donors (Lipinski definition) is 0. The van der Waals surface area contributed by atoms with Crippen LogP contribution in [0.15, 0.2) is 53.0 Å². The minimum Gasteiger partial charge on any atom is -0.258 e. The van der Waals surface area contributed by atoms with Gasteiger partial charge in [0.15, 0.2) is 0 Å². The first-order valence-corrected chi connectivity index (χ1v) is 6.12. The van der Waals surface area contributed by atoms with Crippen LogP contribution in [-0.4, -0.2) is 4.92 Å². The van der Waals surface area contributed by atoms with E-state index in [2.05, 4.69) is 15.9 Å². The highest BCUT2D eigenvalue weighted by atomic mass is 79.9. The minimum atomic E-state index is -0.401. The van der Waals surface area contributed by atoms with Gasteiger partial charge in [-0.15, -0.1) is 0 Å². The second-order valence-electron chi connectivity index (χ2n) is 3.73. The Labute approximate surface area is 113 Å². The van der Waals surface area contributed by atoms with Gasteiger partial charge >= 0.3 is 0 Å². The summed E-state index contributed by atoms with van der Waals surface area (Å²) in [5.41, 5.74) is 2.12. The topological polar surface area (TPSA) is 43.1 Å². The van der Waals surface area contributed by atoms with E-state index in [0.717, 1.165) is 15.6 Å². The van der Waals surface area contributed by atoms with Crippen LogP contribution in [0.2, 0.25) is 0 Å². The molecule has 90 valence electrons. The van der Waals surface area contributed by atoms with Crippen molar-refractivity contribution in [2.24, 2.45) is 0 Å². The van der Waals surface area contributed by atoms with Gasteiger partial charge in [0.1, 0.15) is 0 Å². The van der Waals surface area contributed by atoms with Crippen LogP contribution in [0.1, 0.15) is 11.1 Å². The van der Waals surface area contributed by atoms with E-state index in [1.807, 2.05) is 36.4 Å². The molecule has 0 saturated heterocycles. The molecule has 0 N–H and O–H groups in total. The zero-order valence-electron chi connectivity index (χ0n) is 9.42. The van der Waals surface area contributed by atoms with Crippen molar-refractivity contribution in [3.05, 3.63) is 74.2 Å². The van der Waals surface area contributed by atoms with E-state index in [1.54, 1.807) is 12.1 Å². The van der Waals surface area contributed by atoms with Gasteiger partial charge in [-0.25, -0.2) is 0 Å². The van der Waals surface area contributed by atoms with E-state index in [1.165, 1.54) is 12.1 Å². The maximum absolute atomic E-state index is 10.5. The van der Waals surface area contributed by atoms with Crippen LogP contribution in [0.3, 0.4) is 0 Å². The molecule has 0 fully saturated rings. The molecule has 3 nitrogen and oxygen atoms in total. The molecular formula is C14H10BrNO2. The van der Waals surface area contributed by atoms with Gasteiger partial charge in [-0.2, -0.15) is 0 Å². The largest absolute Gasteiger partial charge is 0.269 e. The lowest BCUT2D eigenvalue weighted by molar-refractivity contribution is -0.384. The van der Waals surface area contributed by atoms with Crippen molar-refractivity contribution in [2.75, 3.05) is 0 Å². The molecular weight excluding hydrogens is 294 g/mol. The van der Waals surface area contributed by atoms with Crippen molar-refractivity contribution >= 4 is 33.8 Å². The Hall–Kier alpha value is -1.94. The molecule has 0 radical (unpaired) electrons. The third kappa shape index (κ3) is 3.28. The molecule has 0 unspecified atom stereocenters. The number of nitro groups is 1. The Morgan fingerprint density at radius 2 is 1.33 bits per heavy atom. The van der Waals surface area contributed by atoms with Crippen LogP contribution in [0.5, 0.6) is 0 Å². The summed E-state index contributed by atoms with van der Waals surface area (Å²) in [6.07, 6.45) is 3.89. The van der Waals surface area contributed by atoms with Crippen molar-refractivity contribution in [2.45, 2.75) is 0 Å². The lowest BCUT2D eigenvalue weighted by Crippen LogP contribution is -1.86. The summed E-state index contributed by atoms with van der Waals surface area (Å²) in [7, 11) is 0. The molecule has 0 spiro atoms. The van der Waals surface area contributed by atoms with Gasteiger partial charge < -0.3 is 0 Å². The molecule has 0 aliphatic carbocycles. The highest BCUT2D eigenvalue weighted by Gasteiger charge is 2.01. The fraction of sp³-hybridized carbons (Fsp3) is 0. The summed E-state index contributed by atoms with van der Waals surface area (Å²) in [5, 5.41) is 10.5. The van der Waals surface area contributed by atoms with Crippen LogP contribution in [0.4, 0.5) is 5.69 Å². The molecule has 0 bridgehead atoms. The molecule has 0 aliphatic rings. The average Bonchev–Trinajstić information content (AvgIpc) is 2.38. The average molecular weight is 304 g/mol. The third-order valence-electron chi connectivity index (χ3n) is 2.44. The zero-order chi connectivity index (χ0) is 13.0. The quantitative estimate of drug-likeness (QED) is 0.475. The van der Waals surface area contributed by atoms with Crippen molar-refractivity contribution < 1.29 is 4.92 Å². The molecule has 2 aromatic carbocycles. The maximum atomic E-state index is 10.5. The lowest BCUT2D eigenvalue weighted by Gasteiger charge is -1.95. The molecule has 2 aromatic rings. The molecule has 0 aromatic heterocycles. The third-order valence-corrected chi connectivity index (χ3v) is 2.97. The smallest absolute Gasteiger partial charge is 0.258 e. The normalized spacial score (nSPS) is 10.7. The number of nitrogens with zero attached hydrogens (tertiary/aromatic N) is 1. The van der Waals surface area contributed by atoms with E-state index in [4.69, 9.17) is 0 Å². The number of rotatable bonds is 3. The van der Waals surface area contributed by atoms with Crippen LogP contribution < -0.4 is 0 Å². The second kappa shape index (κ2) is 5.60. The Morgan fingerprint density at radius 1 is 0.889 bits per heavy atom. The van der Waals surface area contributed by atoms with E-state index in [9.17, 15) is 10.1 Å². The van der Waals surface area contributed by atoms with Gasteiger partial charge in [0.2, 0.25) is 0 Å². The number of hydrogen-bond acceptors (Lipinski definition) is 2. The molecule has 4 heteroatoms. The maximum Gasteiger partial charge on any atom is 0.269 e. The summed E-state index contributed by atoms with van der Waals surface area (Å²) in [5.74, 6) is 0. The van der Waals surface area contributed by atoms with Gasteiger partial charge in [0.05, 0.1) is 4.92 Å². The Morgan fingerprint density at radius 3 is 1.78 bits per heavy atom. The molecule has 0 saturated carbocycles. The van der Waals surface area contributed by atoms with Crippen molar-refractivity contribution in [1.82, 2.24) is 0 Å². The molecule has 2 rings (SSSR count). The molecule has 0 aliphatic heterocycles. The van der Waals surface area contributed by atoms with E-state index in [0.29, 0.717) is 0 Å². The fourth-order valence-electron chi connectivity index (χ4n) is 1.47. The molecule has 0 amide bonds.